The molecular formula is C42H46. The van der Waals surface area contributed by atoms with E-state index in [0.29, 0.717) is 10.8 Å². The second-order valence-electron chi connectivity index (χ2n) is 15.9. The summed E-state index contributed by atoms with van der Waals surface area (Å²) in [6.07, 6.45) is 26.4. The molecule has 3 unspecified atom stereocenters. The van der Waals surface area contributed by atoms with Crippen molar-refractivity contribution in [1.82, 2.24) is 0 Å². The summed E-state index contributed by atoms with van der Waals surface area (Å²) in [5.41, 5.74) is 8.15. The monoisotopic (exact) mass is 550 g/mol. The molecule has 214 valence electrons. The lowest BCUT2D eigenvalue weighted by Gasteiger charge is -2.73. The van der Waals surface area contributed by atoms with E-state index in [1.165, 1.54) is 47.9 Å². The summed E-state index contributed by atoms with van der Waals surface area (Å²) in [4.78, 5) is 0. The average Bonchev–Trinajstić information content (AvgIpc) is 2.99. The summed E-state index contributed by atoms with van der Waals surface area (Å²) >= 11 is 0. The molecule has 8 aliphatic carbocycles. The number of benzene rings is 3. The molecule has 0 radical (unpaired) electrons. The number of hydrogen-bond donors (Lipinski definition) is 0. The molecule has 0 saturated heterocycles. The van der Waals surface area contributed by atoms with Gasteiger partial charge in [0.1, 0.15) is 0 Å². The summed E-state index contributed by atoms with van der Waals surface area (Å²) in [6, 6.07) is 29.4. The highest BCUT2D eigenvalue weighted by Crippen LogP contribution is 2.78. The van der Waals surface area contributed by atoms with Crippen molar-refractivity contribution in [2.75, 3.05) is 0 Å². The van der Waals surface area contributed by atoms with Crippen LogP contribution in [0.25, 0.3) is 24.3 Å². The minimum atomic E-state index is 0.542. The summed E-state index contributed by atoms with van der Waals surface area (Å²) in [5.74, 6) is 6.76. The van der Waals surface area contributed by atoms with E-state index in [2.05, 4.69) is 103 Å². The predicted octanol–water partition coefficient (Wildman–Crippen LogP) is 11.2. The standard InChI is InChI=1S/C42H46/c1-3-7-29(8-4-1)11-13-31-15-32(14-12-30-9-5-2-6-10-30)21-38(20-31)40-39-22-36-19-37(23-39)28-42(40,27-36)41-24-33-16-34(25-41)18-35(17-33)26-41/h1-15,20-21,33-37,39-40H,16-19,22-28H2. The van der Waals surface area contributed by atoms with Crippen LogP contribution in [0.4, 0.5) is 0 Å². The Hall–Kier alpha value is -2.86. The van der Waals surface area contributed by atoms with Crippen molar-refractivity contribution in [3.63, 3.8) is 0 Å². The Morgan fingerprint density at radius 3 is 1.36 bits per heavy atom. The molecule has 8 bridgehead atoms. The predicted molar refractivity (Wildman–Crippen MR) is 177 cm³/mol. The zero-order valence-electron chi connectivity index (χ0n) is 25.1. The maximum atomic E-state index is 2.63. The maximum Gasteiger partial charge on any atom is -0.00708 e. The molecule has 42 heavy (non-hydrogen) atoms. The van der Waals surface area contributed by atoms with Crippen molar-refractivity contribution < 1.29 is 0 Å². The minimum absolute atomic E-state index is 0.542. The molecule has 8 aliphatic rings. The first-order valence-corrected chi connectivity index (χ1v) is 17.2. The van der Waals surface area contributed by atoms with Gasteiger partial charge in [-0.3, -0.25) is 0 Å². The van der Waals surface area contributed by atoms with Crippen LogP contribution in [-0.4, -0.2) is 0 Å². The average molecular weight is 551 g/mol. The van der Waals surface area contributed by atoms with Crippen LogP contribution in [0.3, 0.4) is 0 Å². The maximum absolute atomic E-state index is 2.63. The Labute approximate surface area is 253 Å². The smallest absolute Gasteiger partial charge is 0.00708 e. The third-order valence-corrected chi connectivity index (χ3v) is 13.3. The molecule has 0 aliphatic heterocycles. The molecule has 3 aromatic carbocycles. The van der Waals surface area contributed by atoms with E-state index in [0.717, 1.165) is 41.4 Å². The van der Waals surface area contributed by atoms with Crippen molar-refractivity contribution in [3.05, 3.63) is 107 Å². The van der Waals surface area contributed by atoms with Gasteiger partial charge in [0.25, 0.3) is 0 Å². The molecule has 11 rings (SSSR count). The van der Waals surface area contributed by atoms with Crippen molar-refractivity contribution in [2.24, 2.45) is 46.3 Å². The molecule has 3 aromatic rings. The zero-order chi connectivity index (χ0) is 27.7. The summed E-state index contributed by atoms with van der Waals surface area (Å²) in [5, 5.41) is 0. The molecule has 0 heteroatoms. The fourth-order valence-corrected chi connectivity index (χ4v) is 12.7. The largest absolute Gasteiger partial charge is 0.0622 e. The van der Waals surface area contributed by atoms with Crippen LogP contribution in [0.5, 0.6) is 0 Å². The van der Waals surface area contributed by atoms with Gasteiger partial charge in [-0.15, -0.1) is 0 Å². The van der Waals surface area contributed by atoms with Gasteiger partial charge in [0.05, 0.1) is 0 Å². The van der Waals surface area contributed by atoms with Gasteiger partial charge < -0.3 is 0 Å². The van der Waals surface area contributed by atoms with E-state index in [9.17, 15) is 0 Å². The Morgan fingerprint density at radius 2 is 0.881 bits per heavy atom. The van der Waals surface area contributed by atoms with Gasteiger partial charge in [-0.05, 0) is 157 Å². The first-order chi connectivity index (χ1) is 20.6. The summed E-state index contributed by atoms with van der Waals surface area (Å²) in [7, 11) is 0. The van der Waals surface area contributed by atoms with Gasteiger partial charge in [-0.1, -0.05) is 97.1 Å². The Bertz CT molecular complexity index is 1390. The summed E-state index contributed by atoms with van der Waals surface area (Å²) in [6.45, 7) is 0. The molecule has 0 heterocycles. The molecule has 8 saturated carbocycles. The van der Waals surface area contributed by atoms with E-state index in [4.69, 9.17) is 0 Å². The molecule has 0 aromatic heterocycles. The highest BCUT2D eigenvalue weighted by Gasteiger charge is 2.68. The fraction of sp³-hybridized carbons (Fsp3) is 0.476. The number of hydrogen-bond acceptors (Lipinski definition) is 0. The lowest BCUT2D eigenvalue weighted by molar-refractivity contribution is -0.211. The Balaban J connectivity index is 1.16. The number of rotatable bonds is 6. The van der Waals surface area contributed by atoms with Crippen LogP contribution in [0, 0.1) is 46.3 Å². The van der Waals surface area contributed by atoms with E-state index < -0.39 is 0 Å². The third-order valence-electron chi connectivity index (χ3n) is 13.3. The van der Waals surface area contributed by atoms with E-state index >= 15 is 0 Å². The van der Waals surface area contributed by atoms with E-state index in [1.807, 2.05) is 0 Å². The molecule has 0 nitrogen and oxygen atoms in total. The fourth-order valence-electron chi connectivity index (χ4n) is 12.7. The van der Waals surface area contributed by atoms with Gasteiger partial charge in [0.2, 0.25) is 0 Å². The van der Waals surface area contributed by atoms with Crippen molar-refractivity contribution in [2.45, 2.75) is 76.5 Å². The quantitative estimate of drug-likeness (QED) is 0.268. The van der Waals surface area contributed by atoms with Gasteiger partial charge in [-0.25, -0.2) is 0 Å². The van der Waals surface area contributed by atoms with Gasteiger partial charge in [0.15, 0.2) is 0 Å². The van der Waals surface area contributed by atoms with Crippen LogP contribution in [0.15, 0.2) is 78.9 Å². The highest BCUT2D eigenvalue weighted by atomic mass is 14.7. The van der Waals surface area contributed by atoms with Crippen LogP contribution in [0.2, 0.25) is 0 Å². The van der Waals surface area contributed by atoms with Crippen molar-refractivity contribution >= 4 is 24.3 Å². The van der Waals surface area contributed by atoms with Crippen molar-refractivity contribution in [3.8, 4) is 0 Å². The van der Waals surface area contributed by atoms with Gasteiger partial charge >= 0.3 is 0 Å². The molecular weight excluding hydrogens is 504 g/mol. The second-order valence-corrected chi connectivity index (χ2v) is 15.9. The van der Waals surface area contributed by atoms with Gasteiger partial charge in [0, 0.05) is 0 Å². The molecule has 3 atom stereocenters. The SMILES string of the molecule is C(=Cc1cc(C=Cc2ccccc2)cc(C2C3CC4CC(C3)CC2(C23CC5CC(CC(C5)C2)C3)C4)c1)c1ccccc1. The van der Waals surface area contributed by atoms with Crippen LogP contribution >= 0.6 is 0 Å². The van der Waals surface area contributed by atoms with E-state index in [1.54, 1.807) is 50.5 Å². The topological polar surface area (TPSA) is 0 Å². The lowest BCUT2D eigenvalue weighted by atomic mass is 9.32. The van der Waals surface area contributed by atoms with Crippen LogP contribution in [-0.2, 0) is 0 Å². The molecule has 0 amide bonds. The highest BCUT2D eigenvalue weighted by molar-refractivity contribution is 5.75. The molecule has 0 N–H and O–H groups in total. The lowest BCUT2D eigenvalue weighted by Crippen LogP contribution is -2.63. The molecule has 8 fully saturated rings. The van der Waals surface area contributed by atoms with Gasteiger partial charge in [-0.2, -0.15) is 0 Å². The Morgan fingerprint density at radius 1 is 0.452 bits per heavy atom. The minimum Gasteiger partial charge on any atom is -0.0622 e. The Kier molecular flexibility index (Phi) is 6.00. The first-order valence-electron chi connectivity index (χ1n) is 17.2. The molecule has 0 spiro atoms. The van der Waals surface area contributed by atoms with Crippen LogP contribution in [0.1, 0.15) is 104 Å². The van der Waals surface area contributed by atoms with Crippen LogP contribution < -0.4 is 0 Å². The normalized spacial score (nSPS) is 39.6. The second kappa shape index (κ2) is 9.83. The summed E-state index contributed by atoms with van der Waals surface area (Å²) < 4.78 is 0. The van der Waals surface area contributed by atoms with Crippen molar-refractivity contribution in [1.29, 1.82) is 0 Å². The first kappa shape index (κ1) is 25.6. The van der Waals surface area contributed by atoms with E-state index in [-0.39, 0.29) is 0 Å². The third kappa shape index (κ3) is 4.23. The zero-order valence-corrected chi connectivity index (χ0v) is 25.1.